The van der Waals surface area contributed by atoms with Crippen molar-refractivity contribution in [2.24, 2.45) is 0 Å². The van der Waals surface area contributed by atoms with Crippen LogP contribution in [0.2, 0.25) is 0 Å². The number of aromatic nitrogens is 4. The molecule has 0 saturated carbocycles. The van der Waals surface area contributed by atoms with Gasteiger partial charge < -0.3 is 9.64 Å². The van der Waals surface area contributed by atoms with Gasteiger partial charge in [0.15, 0.2) is 0 Å². The van der Waals surface area contributed by atoms with Crippen molar-refractivity contribution in [2.45, 2.75) is 39.8 Å². The summed E-state index contributed by atoms with van der Waals surface area (Å²) in [5, 5.41) is 4.03. The van der Waals surface area contributed by atoms with E-state index in [0.29, 0.717) is 27.6 Å². The Morgan fingerprint density at radius 2 is 2.00 bits per heavy atom. The van der Waals surface area contributed by atoms with Gasteiger partial charge in [-0.2, -0.15) is 23.3 Å². The number of carbonyl (C=O) groups is 2. The molecule has 0 aromatic carbocycles. The van der Waals surface area contributed by atoms with Crippen molar-refractivity contribution in [1.82, 2.24) is 24.5 Å². The topological polar surface area (TPSA) is 89.7 Å². The van der Waals surface area contributed by atoms with E-state index in [0.717, 1.165) is 0 Å². The van der Waals surface area contributed by atoms with Crippen LogP contribution in [0.25, 0.3) is 5.78 Å². The standard InChI is InChI=1S/C16H20F3N5O3/c1-4-27-14(26)7-23(8-16(17,18)19)13(25)6-5-12-10(2)22-15-20-9-21-24(15)11(12)3/h9H,4-8H2,1-3H3. The third kappa shape index (κ3) is 5.38. The molecule has 0 unspecified atom stereocenters. The highest BCUT2D eigenvalue weighted by atomic mass is 19.4. The first-order chi connectivity index (χ1) is 12.6. The maximum absolute atomic E-state index is 12.8. The van der Waals surface area contributed by atoms with Gasteiger partial charge in [0.05, 0.1) is 6.61 Å². The molecule has 0 atom stereocenters. The van der Waals surface area contributed by atoms with Crippen molar-refractivity contribution < 1.29 is 27.5 Å². The predicted molar refractivity (Wildman–Crippen MR) is 87.8 cm³/mol. The SMILES string of the molecule is CCOC(=O)CN(CC(F)(F)F)C(=O)CCc1c(C)nc2ncnn2c1C. The van der Waals surface area contributed by atoms with E-state index >= 15 is 0 Å². The molecule has 2 aromatic rings. The van der Waals surface area contributed by atoms with Gasteiger partial charge in [0.1, 0.15) is 19.4 Å². The summed E-state index contributed by atoms with van der Waals surface area (Å²) in [6.07, 6.45) is -3.32. The minimum Gasteiger partial charge on any atom is -0.465 e. The fourth-order valence-electron chi connectivity index (χ4n) is 2.72. The van der Waals surface area contributed by atoms with Gasteiger partial charge in [-0.05, 0) is 32.8 Å². The number of halogens is 3. The average Bonchev–Trinajstić information content (AvgIpc) is 3.01. The maximum Gasteiger partial charge on any atom is 0.406 e. The molecular weight excluding hydrogens is 367 g/mol. The second-order valence-electron chi connectivity index (χ2n) is 5.90. The van der Waals surface area contributed by atoms with E-state index in [9.17, 15) is 22.8 Å². The maximum atomic E-state index is 12.8. The van der Waals surface area contributed by atoms with Crippen LogP contribution in [0.1, 0.15) is 30.3 Å². The van der Waals surface area contributed by atoms with Crippen LogP contribution in [0.3, 0.4) is 0 Å². The lowest BCUT2D eigenvalue weighted by molar-refractivity contribution is -0.167. The fraction of sp³-hybridized carbons (Fsp3) is 0.562. The lowest BCUT2D eigenvalue weighted by atomic mass is 10.1. The predicted octanol–water partition coefficient (Wildman–Crippen LogP) is 1.63. The van der Waals surface area contributed by atoms with Gasteiger partial charge in [0.25, 0.3) is 5.78 Å². The number of nitrogens with zero attached hydrogens (tertiary/aromatic N) is 5. The van der Waals surface area contributed by atoms with Crippen molar-refractivity contribution in [2.75, 3.05) is 19.7 Å². The molecule has 2 rings (SSSR count). The van der Waals surface area contributed by atoms with Gasteiger partial charge in [-0.25, -0.2) is 9.50 Å². The quantitative estimate of drug-likeness (QED) is 0.671. The monoisotopic (exact) mass is 387 g/mol. The molecule has 1 amide bonds. The summed E-state index contributed by atoms with van der Waals surface area (Å²) in [6, 6.07) is 0. The van der Waals surface area contributed by atoms with E-state index in [1.54, 1.807) is 13.8 Å². The molecule has 2 heterocycles. The molecule has 0 spiro atoms. The van der Waals surface area contributed by atoms with Crippen LogP contribution in [-0.4, -0.2) is 62.2 Å². The van der Waals surface area contributed by atoms with Crippen LogP contribution in [-0.2, 0) is 20.7 Å². The third-order valence-electron chi connectivity index (χ3n) is 3.93. The molecule has 0 aliphatic heterocycles. The number of rotatable bonds is 7. The zero-order valence-corrected chi connectivity index (χ0v) is 15.2. The van der Waals surface area contributed by atoms with Crippen LogP contribution < -0.4 is 0 Å². The molecule has 27 heavy (non-hydrogen) atoms. The summed E-state index contributed by atoms with van der Waals surface area (Å²) in [4.78, 5) is 32.6. The largest absolute Gasteiger partial charge is 0.465 e. The van der Waals surface area contributed by atoms with E-state index in [2.05, 4.69) is 19.8 Å². The summed E-state index contributed by atoms with van der Waals surface area (Å²) in [6.45, 7) is 2.80. The molecule has 0 fully saturated rings. The molecule has 0 aliphatic carbocycles. The molecular formula is C16H20F3N5O3. The van der Waals surface area contributed by atoms with E-state index in [1.807, 2.05) is 0 Å². The number of aryl methyl sites for hydroxylation is 2. The smallest absolute Gasteiger partial charge is 0.406 e. The summed E-state index contributed by atoms with van der Waals surface area (Å²) in [5.41, 5.74) is 2.02. The van der Waals surface area contributed by atoms with Gasteiger partial charge in [-0.1, -0.05) is 0 Å². The number of carbonyl (C=O) groups excluding carboxylic acids is 2. The number of amides is 1. The highest BCUT2D eigenvalue weighted by molar-refractivity contribution is 5.82. The van der Waals surface area contributed by atoms with Gasteiger partial charge in [-0.15, -0.1) is 0 Å². The zero-order valence-electron chi connectivity index (χ0n) is 15.2. The summed E-state index contributed by atoms with van der Waals surface area (Å²) >= 11 is 0. The summed E-state index contributed by atoms with van der Waals surface area (Å²) in [5.74, 6) is -1.27. The molecule has 2 aromatic heterocycles. The summed E-state index contributed by atoms with van der Waals surface area (Å²) < 4.78 is 44.4. The minimum atomic E-state index is -4.62. The lowest BCUT2D eigenvalue weighted by Gasteiger charge is -2.23. The van der Waals surface area contributed by atoms with Crippen molar-refractivity contribution in [1.29, 1.82) is 0 Å². The van der Waals surface area contributed by atoms with Crippen molar-refractivity contribution in [3.8, 4) is 0 Å². The molecule has 8 nitrogen and oxygen atoms in total. The van der Waals surface area contributed by atoms with Crippen LogP contribution in [0.15, 0.2) is 6.33 Å². The lowest BCUT2D eigenvalue weighted by Crippen LogP contribution is -2.42. The molecule has 148 valence electrons. The van der Waals surface area contributed by atoms with E-state index in [4.69, 9.17) is 0 Å². The number of esters is 1. The van der Waals surface area contributed by atoms with E-state index in [1.165, 1.54) is 17.8 Å². The van der Waals surface area contributed by atoms with Crippen molar-refractivity contribution in [3.05, 3.63) is 23.3 Å². The third-order valence-corrected chi connectivity index (χ3v) is 3.93. The minimum absolute atomic E-state index is 0.0227. The molecule has 0 aliphatic rings. The highest BCUT2D eigenvalue weighted by Gasteiger charge is 2.34. The Kier molecular flexibility index (Phi) is 6.34. The number of alkyl halides is 3. The van der Waals surface area contributed by atoms with E-state index < -0.39 is 31.1 Å². The van der Waals surface area contributed by atoms with Gasteiger partial charge >= 0.3 is 12.1 Å². The molecule has 0 bridgehead atoms. The molecule has 11 heteroatoms. The first-order valence-corrected chi connectivity index (χ1v) is 8.28. The number of fused-ring (bicyclic) bond motifs is 1. The number of ether oxygens (including phenoxy) is 1. The van der Waals surface area contributed by atoms with Crippen molar-refractivity contribution in [3.63, 3.8) is 0 Å². The number of hydrogen-bond donors (Lipinski definition) is 0. The van der Waals surface area contributed by atoms with E-state index in [-0.39, 0.29) is 19.4 Å². The Morgan fingerprint density at radius 1 is 1.30 bits per heavy atom. The molecule has 0 radical (unpaired) electrons. The van der Waals surface area contributed by atoms with Crippen LogP contribution in [0.4, 0.5) is 13.2 Å². The molecule has 0 N–H and O–H groups in total. The molecule has 0 saturated heterocycles. The summed E-state index contributed by atoms with van der Waals surface area (Å²) in [7, 11) is 0. The first kappa shape index (κ1) is 20.6. The number of hydrogen-bond acceptors (Lipinski definition) is 6. The Balaban J connectivity index is 2.13. The second kappa shape index (κ2) is 8.31. The fourth-order valence-corrected chi connectivity index (χ4v) is 2.72. The second-order valence-corrected chi connectivity index (χ2v) is 5.90. The Hall–Kier alpha value is -2.72. The van der Waals surface area contributed by atoms with Crippen LogP contribution in [0, 0.1) is 13.8 Å². The van der Waals surface area contributed by atoms with Crippen LogP contribution in [0.5, 0.6) is 0 Å². The van der Waals surface area contributed by atoms with Crippen molar-refractivity contribution >= 4 is 17.7 Å². The Morgan fingerprint density at radius 3 is 2.63 bits per heavy atom. The van der Waals surface area contributed by atoms with Gasteiger partial charge in [0, 0.05) is 17.8 Å². The normalized spacial score (nSPS) is 11.6. The first-order valence-electron chi connectivity index (χ1n) is 8.28. The van der Waals surface area contributed by atoms with Crippen LogP contribution >= 0.6 is 0 Å². The zero-order chi connectivity index (χ0) is 20.2. The van der Waals surface area contributed by atoms with Gasteiger partial charge in [0.2, 0.25) is 5.91 Å². The average molecular weight is 387 g/mol. The Bertz CT molecular complexity index is 835. The van der Waals surface area contributed by atoms with Gasteiger partial charge in [-0.3, -0.25) is 9.59 Å². The highest BCUT2D eigenvalue weighted by Crippen LogP contribution is 2.19. The Labute approximate surface area is 153 Å².